The van der Waals surface area contributed by atoms with E-state index in [0.717, 1.165) is 22.0 Å². The lowest BCUT2D eigenvalue weighted by Crippen LogP contribution is -2.31. The molecular weight excluding hydrogens is 496 g/mol. The lowest BCUT2D eigenvalue weighted by molar-refractivity contribution is -0.138. The average molecular weight is 521 g/mol. The molecule has 3 aromatic carbocycles. The average Bonchev–Trinajstić information content (AvgIpc) is 3.14. The van der Waals surface area contributed by atoms with Gasteiger partial charge in [0, 0.05) is 33.0 Å². The third-order valence-electron chi connectivity index (χ3n) is 6.37. The number of halogens is 1. The molecule has 0 radical (unpaired) electrons. The van der Waals surface area contributed by atoms with Gasteiger partial charge in [0.05, 0.1) is 18.0 Å². The van der Waals surface area contributed by atoms with Gasteiger partial charge in [-0.2, -0.15) is 0 Å². The largest absolute Gasteiger partial charge is 0.463 e. The fraction of sp³-hybridized carbons (Fsp3) is 0.179. The highest BCUT2D eigenvalue weighted by Crippen LogP contribution is 2.45. The van der Waals surface area contributed by atoms with E-state index in [4.69, 9.17) is 16.3 Å². The number of sulfonamides is 1. The van der Waals surface area contributed by atoms with Crippen LogP contribution in [0.25, 0.3) is 10.9 Å². The standard InChI is InChI=1S/C28H25ClN2O4S/c1-3-35-28(32)23-16-17-31(36(33,34)21-14-8-18(2)9-15-21)27-26(22-6-4-5-7-24(22)30-27)25(23)19-10-12-20(29)13-11-19/h4-16,25,30H,3,17H2,1-2H3. The number of anilines is 1. The number of esters is 1. The number of benzene rings is 3. The molecule has 1 aliphatic heterocycles. The molecule has 36 heavy (non-hydrogen) atoms. The molecular formula is C28H25ClN2O4S. The molecule has 1 unspecified atom stereocenters. The maximum atomic E-state index is 13.9. The van der Waals surface area contributed by atoms with Crippen LogP contribution < -0.4 is 4.31 Å². The second kappa shape index (κ2) is 9.48. The molecule has 2 heterocycles. The van der Waals surface area contributed by atoms with Crippen LogP contribution >= 0.6 is 11.6 Å². The number of aromatic nitrogens is 1. The van der Waals surface area contributed by atoms with Crippen LogP contribution in [0.5, 0.6) is 0 Å². The predicted octanol–water partition coefficient (Wildman–Crippen LogP) is 5.96. The normalized spacial score (nSPS) is 15.8. The van der Waals surface area contributed by atoms with Crippen molar-refractivity contribution in [1.29, 1.82) is 0 Å². The quantitative estimate of drug-likeness (QED) is 0.329. The van der Waals surface area contributed by atoms with E-state index in [-0.39, 0.29) is 18.0 Å². The minimum absolute atomic E-state index is 0.0335. The van der Waals surface area contributed by atoms with Gasteiger partial charge in [0.25, 0.3) is 10.0 Å². The number of rotatable bonds is 5. The summed E-state index contributed by atoms with van der Waals surface area (Å²) in [4.78, 5) is 16.7. The predicted molar refractivity (Wildman–Crippen MR) is 142 cm³/mol. The molecule has 0 saturated heterocycles. The Morgan fingerprint density at radius 3 is 2.44 bits per heavy atom. The van der Waals surface area contributed by atoms with E-state index in [9.17, 15) is 13.2 Å². The van der Waals surface area contributed by atoms with Crippen LogP contribution in [0.1, 0.15) is 29.5 Å². The van der Waals surface area contributed by atoms with Gasteiger partial charge in [-0.15, -0.1) is 0 Å². The monoisotopic (exact) mass is 520 g/mol. The maximum absolute atomic E-state index is 13.9. The van der Waals surface area contributed by atoms with E-state index < -0.39 is 21.9 Å². The summed E-state index contributed by atoms with van der Waals surface area (Å²) in [5.41, 5.74) is 3.62. The lowest BCUT2D eigenvalue weighted by atomic mass is 9.84. The molecule has 6 nitrogen and oxygen atoms in total. The van der Waals surface area contributed by atoms with Crippen LogP contribution in [-0.2, 0) is 19.6 Å². The van der Waals surface area contributed by atoms with Crippen molar-refractivity contribution < 1.29 is 17.9 Å². The Bertz CT molecular complexity index is 1570. The van der Waals surface area contributed by atoms with E-state index in [1.54, 1.807) is 49.4 Å². The second-order valence-corrected chi connectivity index (χ2v) is 10.9. The fourth-order valence-corrected chi connectivity index (χ4v) is 6.17. The third-order valence-corrected chi connectivity index (χ3v) is 8.41. The summed E-state index contributed by atoms with van der Waals surface area (Å²) >= 11 is 6.17. The van der Waals surface area contributed by atoms with Gasteiger partial charge in [0.1, 0.15) is 5.82 Å². The molecule has 1 aromatic heterocycles. The number of carbonyl (C=O) groups is 1. The Balaban J connectivity index is 1.80. The van der Waals surface area contributed by atoms with Crippen molar-refractivity contribution in [2.75, 3.05) is 17.5 Å². The Kier molecular flexibility index (Phi) is 6.36. The number of para-hydroxylation sites is 1. The minimum atomic E-state index is -3.95. The summed E-state index contributed by atoms with van der Waals surface area (Å²) in [5.74, 6) is -0.624. The molecule has 184 valence electrons. The van der Waals surface area contributed by atoms with Crippen molar-refractivity contribution in [1.82, 2.24) is 4.98 Å². The van der Waals surface area contributed by atoms with Gasteiger partial charge < -0.3 is 9.72 Å². The van der Waals surface area contributed by atoms with E-state index >= 15 is 0 Å². The van der Waals surface area contributed by atoms with Crippen LogP contribution in [0.3, 0.4) is 0 Å². The number of nitrogens with one attached hydrogen (secondary N) is 1. The first-order valence-electron chi connectivity index (χ1n) is 11.6. The highest BCUT2D eigenvalue weighted by atomic mass is 35.5. The molecule has 0 bridgehead atoms. The Morgan fingerprint density at radius 2 is 1.75 bits per heavy atom. The zero-order chi connectivity index (χ0) is 25.4. The van der Waals surface area contributed by atoms with Gasteiger partial charge >= 0.3 is 5.97 Å². The van der Waals surface area contributed by atoms with Gasteiger partial charge in [-0.1, -0.05) is 65.7 Å². The van der Waals surface area contributed by atoms with Crippen LogP contribution in [0, 0.1) is 6.92 Å². The van der Waals surface area contributed by atoms with Gasteiger partial charge in [-0.3, -0.25) is 0 Å². The Hall–Kier alpha value is -3.55. The summed E-state index contributed by atoms with van der Waals surface area (Å²) in [6, 6.07) is 21.6. The molecule has 0 aliphatic carbocycles. The maximum Gasteiger partial charge on any atom is 0.334 e. The number of ether oxygens (including phenoxy) is 1. The van der Waals surface area contributed by atoms with Crippen molar-refractivity contribution in [3.8, 4) is 0 Å². The number of carbonyl (C=O) groups excluding carboxylic acids is 1. The zero-order valence-corrected chi connectivity index (χ0v) is 21.4. The van der Waals surface area contributed by atoms with Crippen molar-refractivity contribution in [2.45, 2.75) is 24.7 Å². The number of fused-ring (bicyclic) bond motifs is 3. The Labute approximate surface area is 215 Å². The molecule has 1 atom stereocenters. The summed E-state index contributed by atoms with van der Waals surface area (Å²) in [6.45, 7) is 3.82. The molecule has 0 saturated carbocycles. The fourth-order valence-electron chi connectivity index (χ4n) is 4.66. The highest BCUT2D eigenvalue weighted by molar-refractivity contribution is 7.92. The van der Waals surface area contributed by atoms with Crippen LogP contribution in [0.4, 0.5) is 5.82 Å². The van der Waals surface area contributed by atoms with Crippen molar-refractivity contribution in [2.24, 2.45) is 0 Å². The molecule has 0 amide bonds. The number of H-pyrrole nitrogens is 1. The molecule has 0 spiro atoms. The molecule has 8 heteroatoms. The lowest BCUT2D eigenvalue weighted by Gasteiger charge is -2.23. The van der Waals surface area contributed by atoms with Gasteiger partial charge in [-0.05, 0) is 49.7 Å². The minimum Gasteiger partial charge on any atom is -0.463 e. The Morgan fingerprint density at radius 1 is 1.06 bits per heavy atom. The molecule has 4 aromatic rings. The van der Waals surface area contributed by atoms with Crippen LogP contribution in [0.15, 0.2) is 89.3 Å². The molecule has 5 rings (SSSR count). The van der Waals surface area contributed by atoms with E-state index in [0.29, 0.717) is 22.0 Å². The van der Waals surface area contributed by atoms with E-state index in [1.807, 2.05) is 43.3 Å². The number of hydrogen-bond donors (Lipinski definition) is 1. The van der Waals surface area contributed by atoms with Crippen molar-refractivity contribution >= 4 is 44.3 Å². The molecule has 1 N–H and O–H groups in total. The van der Waals surface area contributed by atoms with Crippen molar-refractivity contribution in [3.63, 3.8) is 0 Å². The van der Waals surface area contributed by atoms with Gasteiger partial charge in [0.15, 0.2) is 0 Å². The smallest absolute Gasteiger partial charge is 0.334 e. The topological polar surface area (TPSA) is 79.5 Å². The summed E-state index contributed by atoms with van der Waals surface area (Å²) in [7, 11) is -3.95. The highest BCUT2D eigenvalue weighted by Gasteiger charge is 2.38. The zero-order valence-electron chi connectivity index (χ0n) is 19.9. The third kappa shape index (κ3) is 4.18. The first-order chi connectivity index (χ1) is 17.3. The number of aromatic amines is 1. The van der Waals surface area contributed by atoms with Gasteiger partial charge in [0.2, 0.25) is 0 Å². The second-order valence-electron chi connectivity index (χ2n) is 8.65. The molecule has 0 fully saturated rings. The van der Waals surface area contributed by atoms with Gasteiger partial charge in [-0.25, -0.2) is 17.5 Å². The van der Waals surface area contributed by atoms with E-state index in [2.05, 4.69) is 4.98 Å². The summed E-state index contributed by atoms with van der Waals surface area (Å²) in [6.07, 6.45) is 1.66. The number of hydrogen-bond acceptors (Lipinski definition) is 4. The number of aryl methyl sites for hydroxylation is 1. The van der Waals surface area contributed by atoms with Crippen molar-refractivity contribution in [3.05, 3.63) is 106 Å². The molecule has 1 aliphatic rings. The first-order valence-corrected chi connectivity index (χ1v) is 13.5. The summed E-state index contributed by atoms with van der Waals surface area (Å²) < 4.78 is 34.6. The first kappa shape index (κ1) is 24.2. The van der Waals surface area contributed by atoms with E-state index in [1.165, 1.54) is 4.31 Å². The van der Waals surface area contributed by atoms with Crippen LogP contribution in [0.2, 0.25) is 5.02 Å². The summed E-state index contributed by atoms with van der Waals surface area (Å²) in [5, 5.41) is 1.39. The number of nitrogens with zero attached hydrogens (tertiary/aromatic N) is 1. The SMILES string of the molecule is CCOC(=O)C1=CCN(S(=O)(=O)c2ccc(C)cc2)c2[nH]c3ccccc3c2C1c1ccc(Cl)cc1. The van der Waals surface area contributed by atoms with Crippen LogP contribution in [-0.4, -0.2) is 32.5 Å².